The smallest absolute Gasteiger partial charge is 0.393 e. The van der Waals surface area contributed by atoms with Crippen molar-refractivity contribution in [2.45, 2.75) is 18.7 Å². The molecule has 0 fully saturated rings. The van der Waals surface area contributed by atoms with Crippen LogP contribution in [0.25, 0.3) is 0 Å². The molecular weight excluding hydrogens is 323 g/mol. The number of alkyl halides is 3. The lowest BCUT2D eigenvalue weighted by atomic mass is 10.1. The highest BCUT2D eigenvalue weighted by atomic mass is 19.4. The Bertz CT molecular complexity index is 716. The highest BCUT2D eigenvalue weighted by Crippen LogP contribution is 2.24. The first-order chi connectivity index (χ1) is 11.3. The number of rotatable bonds is 5. The van der Waals surface area contributed by atoms with Crippen LogP contribution in [0.2, 0.25) is 0 Å². The summed E-state index contributed by atoms with van der Waals surface area (Å²) in [7, 11) is 1.46. The lowest BCUT2D eigenvalue weighted by molar-refractivity contribution is -0.127. The van der Waals surface area contributed by atoms with Gasteiger partial charge in [-0.05, 0) is 35.4 Å². The summed E-state index contributed by atoms with van der Waals surface area (Å²) in [5, 5.41) is 12.5. The number of carbonyl (C=O) groups excluding carboxylic acids is 1. The van der Waals surface area contributed by atoms with E-state index in [0.29, 0.717) is 11.3 Å². The van der Waals surface area contributed by atoms with Crippen molar-refractivity contribution in [3.8, 4) is 5.75 Å². The highest BCUT2D eigenvalue weighted by Gasteiger charge is 2.27. The van der Waals surface area contributed by atoms with Gasteiger partial charge >= 0.3 is 6.18 Å². The van der Waals surface area contributed by atoms with Crippen LogP contribution < -0.4 is 10.1 Å². The van der Waals surface area contributed by atoms with Gasteiger partial charge in [0.15, 0.2) is 6.10 Å². The normalized spacial score (nSPS) is 12.5. The molecule has 2 aromatic carbocycles. The maximum Gasteiger partial charge on any atom is 0.393 e. The number of halogens is 3. The van der Waals surface area contributed by atoms with Crippen molar-refractivity contribution in [3.63, 3.8) is 0 Å². The quantitative estimate of drug-likeness (QED) is 0.877. The van der Waals surface area contributed by atoms with E-state index in [1.54, 1.807) is 18.2 Å². The monoisotopic (exact) mass is 339 g/mol. The second kappa shape index (κ2) is 7.35. The van der Waals surface area contributed by atoms with E-state index in [2.05, 4.69) is 5.32 Å². The van der Waals surface area contributed by atoms with Gasteiger partial charge in [-0.15, -0.1) is 0 Å². The molecule has 128 valence electrons. The van der Waals surface area contributed by atoms with Crippen molar-refractivity contribution in [2.75, 3.05) is 12.4 Å². The van der Waals surface area contributed by atoms with Gasteiger partial charge in [0.25, 0.3) is 5.91 Å². The molecule has 1 atom stereocenters. The molecule has 24 heavy (non-hydrogen) atoms. The fourth-order valence-corrected chi connectivity index (χ4v) is 2.16. The number of hydrogen-bond acceptors (Lipinski definition) is 3. The molecule has 2 N–H and O–H groups in total. The van der Waals surface area contributed by atoms with Crippen LogP contribution in [0, 0.1) is 0 Å². The zero-order valence-electron chi connectivity index (χ0n) is 12.8. The van der Waals surface area contributed by atoms with Crippen molar-refractivity contribution in [3.05, 3.63) is 59.7 Å². The number of anilines is 1. The van der Waals surface area contributed by atoms with Gasteiger partial charge in [0.05, 0.1) is 13.5 Å². The molecule has 2 aromatic rings. The first-order valence-electron chi connectivity index (χ1n) is 7.07. The summed E-state index contributed by atoms with van der Waals surface area (Å²) < 4.78 is 42.3. The van der Waals surface area contributed by atoms with Crippen molar-refractivity contribution in [1.29, 1.82) is 0 Å². The molecule has 0 spiro atoms. The molecule has 0 bridgehead atoms. The summed E-state index contributed by atoms with van der Waals surface area (Å²) in [6, 6.07) is 11.7. The summed E-state index contributed by atoms with van der Waals surface area (Å²) in [5.41, 5.74) is 0.526. The third-order valence-electron chi connectivity index (χ3n) is 3.26. The van der Waals surface area contributed by atoms with Crippen LogP contribution in [-0.2, 0) is 11.2 Å². The number of methoxy groups -OCH3 is 1. The molecule has 2 rings (SSSR count). The number of aliphatic hydroxyl groups excluding tert-OH is 1. The van der Waals surface area contributed by atoms with Gasteiger partial charge in [-0.1, -0.05) is 24.3 Å². The van der Waals surface area contributed by atoms with E-state index in [4.69, 9.17) is 4.74 Å². The molecule has 0 aromatic heterocycles. The van der Waals surface area contributed by atoms with E-state index >= 15 is 0 Å². The largest absolute Gasteiger partial charge is 0.497 e. The van der Waals surface area contributed by atoms with Gasteiger partial charge in [0.1, 0.15) is 5.75 Å². The third-order valence-corrected chi connectivity index (χ3v) is 3.26. The van der Waals surface area contributed by atoms with Gasteiger partial charge in [-0.25, -0.2) is 0 Å². The van der Waals surface area contributed by atoms with E-state index in [-0.39, 0.29) is 11.3 Å². The minimum Gasteiger partial charge on any atom is -0.497 e. The van der Waals surface area contributed by atoms with Crippen molar-refractivity contribution in [1.82, 2.24) is 0 Å². The van der Waals surface area contributed by atoms with Crippen LogP contribution >= 0.6 is 0 Å². The van der Waals surface area contributed by atoms with Crippen molar-refractivity contribution < 1.29 is 27.8 Å². The summed E-state index contributed by atoms with van der Waals surface area (Å²) in [4.78, 5) is 12.1. The first-order valence-corrected chi connectivity index (χ1v) is 7.07. The van der Waals surface area contributed by atoms with Crippen LogP contribution in [0.5, 0.6) is 5.75 Å². The third kappa shape index (κ3) is 4.99. The molecular formula is C17H16F3NO3. The molecule has 7 heteroatoms. The van der Waals surface area contributed by atoms with E-state index in [1.165, 1.54) is 37.4 Å². The highest BCUT2D eigenvalue weighted by molar-refractivity contribution is 5.94. The summed E-state index contributed by atoms with van der Waals surface area (Å²) in [6.07, 6.45) is -6.89. The fraction of sp³-hybridized carbons (Fsp3) is 0.235. The van der Waals surface area contributed by atoms with Crippen molar-refractivity contribution in [2.24, 2.45) is 0 Å². The van der Waals surface area contributed by atoms with Gasteiger partial charge in [0.2, 0.25) is 0 Å². The fourth-order valence-electron chi connectivity index (χ4n) is 2.16. The maximum atomic E-state index is 12.4. The average Bonchev–Trinajstić information content (AvgIpc) is 2.53. The van der Waals surface area contributed by atoms with Crippen LogP contribution in [-0.4, -0.2) is 24.3 Å². The molecule has 0 saturated heterocycles. The lowest BCUT2D eigenvalue weighted by Crippen LogP contribution is -2.21. The summed E-state index contributed by atoms with van der Waals surface area (Å²) in [6.45, 7) is 0. The van der Waals surface area contributed by atoms with Crippen molar-refractivity contribution >= 4 is 11.6 Å². The summed E-state index contributed by atoms with van der Waals surface area (Å²) in [5.74, 6) is -0.265. The Morgan fingerprint density at radius 1 is 1.21 bits per heavy atom. The van der Waals surface area contributed by atoms with E-state index in [1.807, 2.05) is 0 Å². The Kier molecular flexibility index (Phi) is 5.46. The molecule has 0 radical (unpaired) electrons. The van der Waals surface area contributed by atoms with Gasteiger partial charge in [0, 0.05) is 5.69 Å². The minimum atomic E-state index is -4.33. The predicted molar refractivity (Wildman–Crippen MR) is 82.8 cm³/mol. The molecule has 4 nitrogen and oxygen atoms in total. The Labute approximate surface area is 136 Å². The number of ether oxygens (including phenoxy) is 1. The Morgan fingerprint density at radius 2 is 1.92 bits per heavy atom. The molecule has 0 aliphatic carbocycles. The predicted octanol–water partition coefficient (Wildman–Crippen LogP) is 3.47. The first kappa shape index (κ1) is 17.8. The molecule has 1 amide bonds. The van der Waals surface area contributed by atoms with Gasteiger partial charge in [-0.3, -0.25) is 4.79 Å². The summed E-state index contributed by atoms with van der Waals surface area (Å²) >= 11 is 0. The maximum absolute atomic E-state index is 12.4. The molecule has 1 unspecified atom stereocenters. The van der Waals surface area contributed by atoms with Crippen LogP contribution in [0.3, 0.4) is 0 Å². The Hall–Kier alpha value is -2.54. The van der Waals surface area contributed by atoms with Gasteiger partial charge < -0.3 is 15.2 Å². The van der Waals surface area contributed by atoms with E-state index < -0.39 is 24.6 Å². The number of benzene rings is 2. The molecule has 0 aliphatic rings. The van der Waals surface area contributed by atoms with E-state index in [9.17, 15) is 23.1 Å². The SMILES string of the molecule is COc1cccc(C(O)C(=O)Nc2cccc(CC(F)(F)F)c2)c1. The van der Waals surface area contributed by atoms with Crippen LogP contribution in [0.4, 0.5) is 18.9 Å². The molecule has 0 heterocycles. The molecule has 0 saturated carbocycles. The number of carbonyl (C=O) groups is 1. The number of hydrogen-bond donors (Lipinski definition) is 2. The topological polar surface area (TPSA) is 58.6 Å². The zero-order chi connectivity index (χ0) is 17.7. The zero-order valence-corrected chi connectivity index (χ0v) is 12.8. The number of amides is 1. The van der Waals surface area contributed by atoms with Crippen LogP contribution in [0.15, 0.2) is 48.5 Å². The standard InChI is InChI=1S/C17H16F3NO3/c1-24-14-7-3-5-12(9-14)15(22)16(23)21-13-6-2-4-11(8-13)10-17(18,19)20/h2-9,15,22H,10H2,1H3,(H,21,23). The lowest BCUT2D eigenvalue weighted by Gasteiger charge is -2.13. The second-order valence-electron chi connectivity index (χ2n) is 5.16. The Morgan fingerprint density at radius 3 is 2.58 bits per heavy atom. The minimum absolute atomic E-state index is 0.0242. The van der Waals surface area contributed by atoms with Crippen LogP contribution in [0.1, 0.15) is 17.2 Å². The second-order valence-corrected chi connectivity index (χ2v) is 5.16. The number of aliphatic hydroxyl groups is 1. The average molecular weight is 339 g/mol. The Balaban J connectivity index is 2.09. The number of nitrogens with one attached hydrogen (secondary N) is 1. The van der Waals surface area contributed by atoms with E-state index in [0.717, 1.165) is 0 Å². The molecule has 0 aliphatic heterocycles. The van der Waals surface area contributed by atoms with Gasteiger partial charge in [-0.2, -0.15) is 13.2 Å².